The van der Waals surface area contributed by atoms with Crippen LogP contribution in [0.1, 0.15) is 56.1 Å². The molecule has 9 nitrogen and oxygen atoms in total. The Balaban J connectivity index is 1.88. The van der Waals surface area contributed by atoms with Crippen molar-refractivity contribution in [3.8, 4) is 12.1 Å². The number of fused-ring (bicyclic) bond motifs is 1. The second kappa shape index (κ2) is 11.3. The van der Waals surface area contributed by atoms with Crippen LogP contribution in [0.25, 0.3) is 10.9 Å². The molecule has 0 fully saturated rings. The number of benzene rings is 1. The van der Waals surface area contributed by atoms with E-state index in [-0.39, 0.29) is 16.7 Å². The van der Waals surface area contributed by atoms with Crippen molar-refractivity contribution < 1.29 is 13.2 Å². The van der Waals surface area contributed by atoms with Gasteiger partial charge in [0.05, 0.1) is 34.4 Å². The van der Waals surface area contributed by atoms with Crippen molar-refractivity contribution in [2.75, 3.05) is 23.9 Å². The number of hydrazine groups is 2. The maximum Gasteiger partial charge on any atom is 0.228 e. The van der Waals surface area contributed by atoms with Crippen molar-refractivity contribution in [3.05, 3.63) is 70.4 Å². The van der Waals surface area contributed by atoms with Crippen LogP contribution in [-0.4, -0.2) is 34.2 Å². The number of nitriles is 2. The smallest absolute Gasteiger partial charge is 0.228 e. The predicted molar refractivity (Wildman–Crippen MR) is 146 cm³/mol. The van der Waals surface area contributed by atoms with E-state index in [2.05, 4.69) is 43.7 Å². The third-order valence-corrected chi connectivity index (χ3v) is 6.42. The predicted octanol–water partition coefficient (Wildman–Crippen LogP) is 5.25. The molecule has 2 aromatic heterocycles. The van der Waals surface area contributed by atoms with Crippen LogP contribution in [0.2, 0.25) is 0 Å². The molecular weight excluding hydrogens is 519 g/mol. The van der Waals surface area contributed by atoms with Crippen LogP contribution in [-0.2, 0) is 0 Å². The highest BCUT2D eigenvalue weighted by Gasteiger charge is 2.33. The van der Waals surface area contributed by atoms with E-state index in [0.717, 1.165) is 5.01 Å². The minimum absolute atomic E-state index is 0.0189. The Kier molecular flexibility index (Phi) is 8.03. The lowest BCUT2D eigenvalue weighted by Crippen LogP contribution is -2.44. The molecule has 0 saturated carbocycles. The van der Waals surface area contributed by atoms with Gasteiger partial charge in [0.15, 0.2) is 0 Å². The Bertz CT molecular complexity index is 1550. The molecule has 3 heterocycles. The molecule has 0 radical (unpaired) electrons. The van der Waals surface area contributed by atoms with Crippen molar-refractivity contribution in [3.63, 3.8) is 0 Å². The van der Waals surface area contributed by atoms with Crippen LogP contribution >= 0.6 is 0 Å². The summed E-state index contributed by atoms with van der Waals surface area (Å²) >= 11 is 0. The summed E-state index contributed by atoms with van der Waals surface area (Å²) in [6.07, 6.45) is 1.42. The van der Waals surface area contributed by atoms with Gasteiger partial charge in [0.25, 0.3) is 0 Å². The van der Waals surface area contributed by atoms with Gasteiger partial charge in [0, 0.05) is 35.1 Å². The van der Waals surface area contributed by atoms with Crippen LogP contribution < -0.4 is 21.6 Å². The van der Waals surface area contributed by atoms with Gasteiger partial charge in [0.1, 0.15) is 24.5 Å². The first-order valence-electron chi connectivity index (χ1n) is 12.6. The molecule has 3 aromatic rings. The summed E-state index contributed by atoms with van der Waals surface area (Å²) in [5, 5.41) is 27.8. The lowest BCUT2D eigenvalue weighted by atomic mass is 9.96. The van der Waals surface area contributed by atoms with Gasteiger partial charge in [-0.3, -0.25) is 9.99 Å². The Morgan fingerprint density at radius 1 is 1.12 bits per heavy atom. The third kappa shape index (κ3) is 5.72. The molecule has 1 aromatic carbocycles. The van der Waals surface area contributed by atoms with Gasteiger partial charge in [0.2, 0.25) is 11.9 Å². The molecule has 4 rings (SSSR count). The topological polar surface area (TPSA) is 125 Å². The van der Waals surface area contributed by atoms with E-state index in [1.54, 1.807) is 19.1 Å². The fourth-order valence-corrected chi connectivity index (χ4v) is 4.33. The molecule has 0 bridgehead atoms. The SMILES string of the molecule is Cc1nc(F)ccc1[C@H](Nc1cc(C#N)c2ncc(C#N)c(NCC(C)(C)C)c2c1)C1=C(F)N([C@@H](C)CF)NN1. The average molecular weight is 550 g/mol. The van der Waals surface area contributed by atoms with E-state index in [1.807, 2.05) is 20.8 Å². The highest BCUT2D eigenvalue weighted by atomic mass is 19.1. The summed E-state index contributed by atoms with van der Waals surface area (Å²) < 4.78 is 42.8. The average Bonchev–Trinajstić information content (AvgIpc) is 3.29. The Hall–Kier alpha value is -4.55. The van der Waals surface area contributed by atoms with Crippen molar-refractivity contribution in [1.82, 2.24) is 25.9 Å². The molecule has 208 valence electrons. The summed E-state index contributed by atoms with van der Waals surface area (Å²) in [6.45, 7) is 8.98. The molecule has 0 spiro atoms. The Labute approximate surface area is 230 Å². The van der Waals surface area contributed by atoms with Crippen molar-refractivity contribution in [2.24, 2.45) is 5.41 Å². The van der Waals surface area contributed by atoms with Gasteiger partial charge in [-0.2, -0.15) is 19.3 Å². The van der Waals surface area contributed by atoms with Crippen molar-refractivity contribution in [1.29, 1.82) is 10.5 Å². The fourth-order valence-electron chi connectivity index (χ4n) is 4.33. The highest BCUT2D eigenvalue weighted by Crippen LogP contribution is 2.36. The second-order valence-corrected chi connectivity index (χ2v) is 10.8. The Morgan fingerprint density at radius 3 is 2.48 bits per heavy atom. The summed E-state index contributed by atoms with van der Waals surface area (Å²) in [7, 11) is 0. The second-order valence-electron chi connectivity index (χ2n) is 10.8. The molecule has 12 heteroatoms. The lowest BCUT2D eigenvalue weighted by Gasteiger charge is -2.24. The van der Waals surface area contributed by atoms with E-state index in [1.165, 1.54) is 25.3 Å². The van der Waals surface area contributed by atoms with Crippen molar-refractivity contribution in [2.45, 2.75) is 46.7 Å². The number of aromatic nitrogens is 2. The zero-order chi connectivity index (χ0) is 29.2. The summed E-state index contributed by atoms with van der Waals surface area (Å²) in [5.74, 6) is -1.45. The Morgan fingerprint density at radius 2 is 1.85 bits per heavy atom. The molecule has 2 atom stereocenters. The number of aryl methyl sites for hydroxylation is 1. The number of hydrogen-bond acceptors (Lipinski definition) is 9. The maximum atomic E-state index is 15.6. The first-order chi connectivity index (χ1) is 19.0. The standard InChI is InChI=1S/C28H30F3N9/c1-15(10-29)40-27(31)26(38-39-40)25(20-6-7-22(30)36-16(20)2)37-19-8-17(11-32)23-21(9-19)24(18(12-33)13-34-23)35-14-28(3,4)5/h6-9,13,15,25,37-39H,10,14H2,1-5H3,(H,34,35)/t15-,25-/m0/s1. The zero-order valence-corrected chi connectivity index (χ0v) is 22.8. The lowest BCUT2D eigenvalue weighted by molar-refractivity contribution is 0.130. The van der Waals surface area contributed by atoms with Gasteiger partial charge in [-0.05, 0) is 37.5 Å². The number of rotatable bonds is 8. The minimum Gasteiger partial charge on any atom is -0.383 e. The zero-order valence-electron chi connectivity index (χ0n) is 22.8. The fraction of sp³-hybridized carbons (Fsp3) is 0.357. The van der Waals surface area contributed by atoms with Crippen LogP contribution in [0.5, 0.6) is 0 Å². The normalized spacial score (nSPS) is 14.9. The number of alkyl halides is 1. The van der Waals surface area contributed by atoms with Crippen LogP contribution in [0.4, 0.5) is 24.5 Å². The van der Waals surface area contributed by atoms with Crippen molar-refractivity contribution >= 4 is 22.3 Å². The van der Waals surface area contributed by atoms with Gasteiger partial charge < -0.3 is 16.1 Å². The quantitative estimate of drug-likeness (QED) is 0.220. The van der Waals surface area contributed by atoms with E-state index >= 15 is 4.39 Å². The van der Waals surface area contributed by atoms with E-state index in [0.29, 0.717) is 45.6 Å². The number of halogens is 3. The molecule has 0 unspecified atom stereocenters. The number of anilines is 2. The number of nitrogens with one attached hydrogen (secondary N) is 4. The van der Waals surface area contributed by atoms with Crippen LogP contribution in [0, 0.1) is 40.9 Å². The van der Waals surface area contributed by atoms with Crippen LogP contribution in [0.15, 0.2) is 42.1 Å². The van der Waals surface area contributed by atoms with E-state index in [4.69, 9.17) is 0 Å². The maximum absolute atomic E-state index is 15.6. The number of pyridine rings is 2. The molecule has 0 saturated heterocycles. The van der Waals surface area contributed by atoms with E-state index in [9.17, 15) is 19.3 Å². The third-order valence-electron chi connectivity index (χ3n) is 6.42. The monoisotopic (exact) mass is 549 g/mol. The molecular formula is C28H30F3N9. The first-order valence-corrected chi connectivity index (χ1v) is 12.6. The number of nitrogens with zero attached hydrogens (tertiary/aromatic N) is 5. The van der Waals surface area contributed by atoms with Gasteiger partial charge >= 0.3 is 0 Å². The minimum atomic E-state index is -0.945. The molecule has 1 aliphatic rings. The summed E-state index contributed by atoms with van der Waals surface area (Å²) in [4.78, 5) is 8.25. The first kappa shape index (κ1) is 28.5. The van der Waals surface area contributed by atoms with E-state index < -0.39 is 30.7 Å². The molecule has 1 aliphatic heterocycles. The van der Waals surface area contributed by atoms with Gasteiger partial charge in [-0.1, -0.05) is 26.8 Å². The molecule has 4 N–H and O–H groups in total. The molecule has 40 heavy (non-hydrogen) atoms. The molecule has 0 aliphatic carbocycles. The summed E-state index contributed by atoms with van der Waals surface area (Å²) in [6, 6.07) is 8.48. The summed E-state index contributed by atoms with van der Waals surface area (Å²) in [5.41, 5.74) is 7.92. The van der Waals surface area contributed by atoms with Crippen LogP contribution in [0.3, 0.4) is 0 Å². The van der Waals surface area contributed by atoms with Gasteiger partial charge in [-0.25, -0.2) is 9.37 Å². The van der Waals surface area contributed by atoms with Gasteiger partial charge in [-0.15, -0.1) is 5.53 Å². The largest absolute Gasteiger partial charge is 0.383 e. The highest BCUT2D eigenvalue weighted by molar-refractivity contribution is 5.99. The number of hydrogen-bond donors (Lipinski definition) is 4. The molecule has 0 amide bonds.